The molecular weight excluding hydrogens is 460 g/mol. The first-order chi connectivity index (χ1) is 14.7. The molecule has 1 heterocycles. The van der Waals surface area contributed by atoms with Gasteiger partial charge in [-0.2, -0.15) is 0 Å². The van der Waals surface area contributed by atoms with Crippen molar-refractivity contribution in [3.05, 3.63) is 58.9 Å². The van der Waals surface area contributed by atoms with Crippen molar-refractivity contribution in [2.45, 2.75) is 18.2 Å². The van der Waals surface area contributed by atoms with E-state index in [0.29, 0.717) is 16.5 Å². The van der Waals surface area contributed by atoms with E-state index >= 15 is 0 Å². The smallest absolute Gasteiger partial charge is 0.242 e. The summed E-state index contributed by atoms with van der Waals surface area (Å²) in [5.41, 5.74) is 2.19. The second-order valence-corrected chi connectivity index (χ2v) is 9.42. The molecule has 3 aromatic rings. The zero-order chi connectivity index (χ0) is 22.4. The van der Waals surface area contributed by atoms with Crippen molar-refractivity contribution >= 4 is 55.6 Å². The third-order valence-corrected chi connectivity index (χ3v) is 6.74. The fourth-order valence-corrected chi connectivity index (χ4v) is 4.90. The minimum atomic E-state index is -3.80. The lowest BCUT2D eigenvalue weighted by molar-refractivity contribution is -0.116. The molecule has 3 N–H and O–H groups in total. The third kappa shape index (κ3) is 6.34. The Hall–Kier alpha value is -2.79. The zero-order valence-corrected chi connectivity index (χ0v) is 18.8. The lowest BCUT2D eigenvalue weighted by Crippen LogP contribution is -2.28. The van der Waals surface area contributed by atoms with Gasteiger partial charge in [0, 0.05) is 36.5 Å². The summed E-state index contributed by atoms with van der Waals surface area (Å²) < 4.78 is 26.9. The molecule has 0 bridgehead atoms. The molecule has 0 saturated carbocycles. The van der Waals surface area contributed by atoms with Crippen LogP contribution in [-0.4, -0.2) is 31.8 Å². The number of amides is 2. The molecule has 1 aromatic heterocycles. The van der Waals surface area contributed by atoms with Crippen LogP contribution in [0.1, 0.15) is 13.3 Å². The van der Waals surface area contributed by atoms with Crippen LogP contribution < -0.4 is 15.4 Å². The minimum Gasteiger partial charge on any atom is -0.326 e. The number of rotatable bonds is 8. The highest BCUT2D eigenvalue weighted by molar-refractivity contribution is 7.89. The summed E-state index contributed by atoms with van der Waals surface area (Å²) in [7, 11) is -3.80. The number of sulfonamides is 1. The van der Waals surface area contributed by atoms with E-state index in [9.17, 15) is 18.0 Å². The average molecular weight is 479 g/mol. The molecule has 162 valence electrons. The van der Waals surface area contributed by atoms with Crippen molar-refractivity contribution < 1.29 is 18.0 Å². The molecule has 0 atom stereocenters. The largest absolute Gasteiger partial charge is 0.326 e. The van der Waals surface area contributed by atoms with Crippen LogP contribution in [0.3, 0.4) is 0 Å². The second-order valence-electron chi connectivity index (χ2n) is 6.42. The fraction of sp³-hybridized carbons (Fsp3) is 0.150. The van der Waals surface area contributed by atoms with Crippen molar-refractivity contribution in [3.8, 4) is 11.3 Å². The quantitative estimate of drug-likeness (QED) is 0.456. The van der Waals surface area contributed by atoms with Crippen LogP contribution >= 0.6 is 22.9 Å². The number of hydrogen-bond acceptors (Lipinski definition) is 6. The molecule has 8 nitrogen and oxygen atoms in total. The Morgan fingerprint density at radius 3 is 2.45 bits per heavy atom. The monoisotopic (exact) mass is 478 g/mol. The van der Waals surface area contributed by atoms with Crippen LogP contribution in [0, 0.1) is 0 Å². The Balaban J connectivity index is 1.53. The Kier molecular flexibility index (Phi) is 7.39. The van der Waals surface area contributed by atoms with Gasteiger partial charge in [0.1, 0.15) is 4.90 Å². The van der Waals surface area contributed by atoms with E-state index in [1.807, 2.05) is 12.1 Å². The maximum atomic E-state index is 12.3. The number of nitrogens with zero attached hydrogens (tertiary/aromatic N) is 1. The fourth-order valence-electron chi connectivity index (χ4n) is 2.61. The number of anilines is 2. The summed E-state index contributed by atoms with van der Waals surface area (Å²) in [6.45, 7) is 1.35. The Morgan fingerprint density at radius 1 is 1.06 bits per heavy atom. The predicted octanol–water partition coefficient (Wildman–Crippen LogP) is 3.73. The van der Waals surface area contributed by atoms with Crippen molar-refractivity contribution in [1.82, 2.24) is 9.71 Å². The molecule has 31 heavy (non-hydrogen) atoms. The van der Waals surface area contributed by atoms with E-state index in [2.05, 4.69) is 20.3 Å². The van der Waals surface area contributed by atoms with E-state index in [1.54, 1.807) is 29.6 Å². The lowest BCUT2D eigenvalue weighted by Gasteiger charge is -2.08. The van der Waals surface area contributed by atoms with E-state index in [1.165, 1.54) is 30.4 Å². The van der Waals surface area contributed by atoms with Gasteiger partial charge in [-0.1, -0.05) is 35.9 Å². The lowest BCUT2D eigenvalue weighted by atomic mass is 10.1. The highest BCUT2D eigenvalue weighted by atomic mass is 35.5. The standard InChI is InChI=1S/C20H19ClN4O4S2/c1-13(26)23-15-8-6-14(7-9-15)17-12-30-20(24-17)25-19(27)10-11-22-31(28,29)18-5-3-2-4-16(18)21/h2-9,12,22H,10-11H2,1H3,(H,23,26)(H,24,25,27). The Labute approximate surface area is 188 Å². The van der Waals surface area contributed by atoms with Gasteiger partial charge >= 0.3 is 0 Å². The molecule has 0 unspecified atom stereocenters. The van der Waals surface area contributed by atoms with Gasteiger partial charge in [0.25, 0.3) is 0 Å². The molecule has 0 fully saturated rings. The topological polar surface area (TPSA) is 117 Å². The van der Waals surface area contributed by atoms with Crippen LogP contribution in [0.4, 0.5) is 10.8 Å². The van der Waals surface area contributed by atoms with E-state index < -0.39 is 10.0 Å². The number of aromatic nitrogens is 1. The van der Waals surface area contributed by atoms with E-state index in [0.717, 1.165) is 5.56 Å². The van der Waals surface area contributed by atoms with Gasteiger partial charge in [-0.3, -0.25) is 9.59 Å². The molecule has 3 rings (SSSR count). The molecule has 0 aliphatic carbocycles. The number of halogens is 1. The number of benzene rings is 2. The second kappa shape index (κ2) is 10.0. The summed E-state index contributed by atoms with van der Waals surface area (Å²) in [6, 6.07) is 13.2. The molecule has 0 aliphatic heterocycles. The highest BCUT2D eigenvalue weighted by Gasteiger charge is 2.17. The molecule has 0 radical (unpaired) electrons. The van der Waals surface area contributed by atoms with Crippen LogP contribution in [0.5, 0.6) is 0 Å². The van der Waals surface area contributed by atoms with Crippen LogP contribution in [0.2, 0.25) is 5.02 Å². The Morgan fingerprint density at radius 2 is 1.77 bits per heavy atom. The zero-order valence-electron chi connectivity index (χ0n) is 16.4. The van der Waals surface area contributed by atoms with E-state index in [4.69, 9.17) is 11.6 Å². The first-order valence-electron chi connectivity index (χ1n) is 9.12. The minimum absolute atomic E-state index is 0.0360. The van der Waals surface area contributed by atoms with Crippen molar-refractivity contribution in [1.29, 1.82) is 0 Å². The highest BCUT2D eigenvalue weighted by Crippen LogP contribution is 2.26. The summed E-state index contributed by atoms with van der Waals surface area (Å²) in [5, 5.41) is 7.65. The van der Waals surface area contributed by atoms with Crippen LogP contribution in [-0.2, 0) is 19.6 Å². The van der Waals surface area contributed by atoms with Crippen LogP contribution in [0.15, 0.2) is 58.8 Å². The molecule has 2 amide bonds. The summed E-state index contributed by atoms with van der Waals surface area (Å²) >= 11 is 7.17. The summed E-state index contributed by atoms with van der Waals surface area (Å²) in [6.07, 6.45) is -0.0655. The number of carbonyl (C=O) groups is 2. The molecular formula is C20H19ClN4O4S2. The maximum absolute atomic E-state index is 12.3. The molecule has 2 aromatic carbocycles. The van der Waals surface area contributed by atoms with Crippen molar-refractivity contribution in [3.63, 3.8) is 0 Å². The summed E-state index contributed by atoms with van der Waals surface area (Å²) in [4.78, 5) is 27.6. The first-order valence-corrected chi connectivity index (χ1v) is 11.9. The Bertz CT molecular complexity index is 1190. The van der Waals surface area contributed by atoms with Gasteiger partial charge in [0.05, 0.1) is 10.7 Å². The third-order valence-electron chi connectivity index (χ3n) is 4.02. The SMILES string of the molecule is CC(=O)Nc1ccc(-c2csc(NC(=O)CCNS(=O)(=O)c3ccccc3Cl)n2)cc1. The molecule has 0 aliphatic rings. The van der Waals surface area contributed by atoms with Gasteiger partial charge in [-0.15, -0.1) is 11.3 Å². The van der Waals surface area contributed by atoms with Gasteiger partial charge < -0.3 is 10.6 Å². The molecule has 0 saturated heterocycles. The number of nitrogens with one attached hydrogen (secondary N) is 3. The predicted molar refractivity (Wildman–Crippen MR) is 122 cm³/mol. The van der Waals surface area contributed by atoms with Gasteiger partial charge in [0.2, 0.25) is 21.8 Å². The van der Waals surface area contributed by atoms with Gasteiger partial charge in [-0.25, -0.2) is 18.1 Å². The van der Waals surface area contributed by atoms with Crippen LogP contribution in [0.25, 0.3) is 11.3 Å². The van der Waals surface area contributed by atoms with E-state index in [-0.39, 0.29) is 34.7 Å². The number of carbonyl (C=O) groups excluding carboxylic acids is 2. The normalized spacial score (nSPS) is 11.2. The number of hydrogen-bond donors (Lipinski definition) is 3. The average Bonchev–Trinajstić information content (AvgIpc) is 3.16. The number of thiazole rings is 1. The van der Waals surface area contributed by atoms with Gasteiger partial charge in [0.15, 0.2) is 5.13 Å². The first kappa shape index (κ1) is 22.9. The molecule has 11 heteroatoms. The van der Waals surface area contributed by atoms with Crippen molar-refractivity contribution in [2.75, 3.05) is 17.2 Å². The maximum Gasteiger partial charge on any atom is 0.242 e. The van der Waals surface area contributed by atoms with Crippen molar-refractivity contribution in [2.24, 2.45) is 0 Å². The molecule has 0 spiro atoms. The van der Waals surface area contributed by atoms with Gasteiger partial charge in [-0.05, 0) is 24.3 Å². The summed E-state index contributed by atoms with van der Waals surface area (Å²) in [5.74, 6) is -0.524.